The molecule has 4 heteroatoms. The van der Waals surface area contributed by atoms with Gasteiger partial charge in [0.1, 0.15) is 0 Å². The van der Waals surface area contributed by atoms with Gasteiger partial charge in [0.2, 0.25) is 0 Å². The number of hydrazone groups is 1. The van der Waals surface area contributed by atoms with Crippen LogP contribution in [0.1, 0.15) is 6.92 Å². The van der Waals surface area contributed by atoms with E-state index in [1.54, 1.807) is 5.01 Å². The zero-order valence-corrected chi connectivity index (χ0v) is 11.0. The molecule has 0 aliphatic carbocycles. The molecular weight excluding hydrogens is 301 g/mol. The molecule has 0 aliphatic heterocycles. The van der Waals surface area contributed by atoms with E-state index >= 15 is 0 Å². The van der Waals surface area contributed by atoms with E-state index in [0.29, 0.717) is 0 Å². The largest absolute Gasteiger partial charge is 0.393 e. The van der Waals surface area contributed by atoms with Crippen molar-refractivity contribution in [2.24, 2.45) is 5.10 Å². The number of rotatable bonds is 4. The Morgan fingerprint density at radius 3 is 2.87 bits per heavy atom. The maximum atomic E-state index is 3.99. The van der Waals surface area contributed by atoms with Crippen molar-refractivity contribution in [2.75, 3.05) is 12.1 Å². The van der Waals surface area contributed by atoms with Gasteiger partial charge < -0.3 is 5.32 Å². The van der Waals surface area contributed by atoms with Gasteiger partial charge in [-0.15, -0.1) is 0 Å². The summed E-state index contributed by atoms with van der Waals surface area (Å²) in [5.74, 6) is 0. The highest BCUT2D eigenvalue weighted by Crippen LogP contribution is 2.21. The van der Waals surface area contributed by atoms with Gasteiger partial charge in [0.05, 0.1) is 11.4 Å². The van der Waals surface area contributed by atoms with E-state index in [9.17, 15) is 0 Å². The molecule has 3 nitrogen and oxygen atoms in total. The molecule has 0 spiro atoms. The Morgan fingerprint density at radius 2 is 2.33 bits per heavy atom. The maximum absolute atomic E-state index is 3.99. The number of nitrogens with one attached hydrogen (secondary N) is 1. The Hall–Kier alpha value is -1.04. The number of benzene rings is 1. The highest BCUT2D eigenvalue weighted by molar-refractivity contribution is 14.1. The summed E-state index contributed by atoms with van der Waals surface area (Å²) in [6.45, 7) is 5.55. The second-order valence-electron chi connectivity index (χ2n) is 3.01. The van der Waals surface area contributed by atoms with Crippen molar-refractivity contribution >= 4 is 35.0 Å². The van der Waals surface area contributed by atoms with Crippen molar-refractivity contribution in [1.29, 1.82) is 0 Å². The summed E-state index contributed by atoms with van der Waals surface area (Å²) < 4.78 is 1.18. The monoisotopic (exact) mass is 315 g/mol. The molecule has 0 unspecified atom stereocenters. The first-order valence-electron chi connectivity index (χ1n) is 4.55. The Kier molecular flexibility index (Phi) is 4.61. The summed E-state index contributed by atoms with van der Waals surface area (Å²) in [6.07, 6.45) is 1.88. The zero-order valence-electron chi connectivity index (χ0n) is 8.87. The second-order valence-corrected chi connectivity index (χ2v) is 4.25. The van der Waals surface area contributed by atoms with E-state index in [4.69, 9.17) is 0 Å². The van der Waals surface area contributed by atoms with Crippen LogP contribution in [0.2, 0.25) is 0 Å². The maximum Gasteiger partial charge on any atom is 0.0659 e. The lowest BCUT2D eigenvalue weighted by Gasteiger charge is -2.19. The number of anilines is 1. The molecule has 0 fully saturated rings. The molecule has 0 bridgehead atoms. The molecule has 1 aromatic rings. The minimum atomic E-state index is 0.995. The van der Waals surface area contributed by atoms with E-state index in [1.165, 1.54) is 3.57 Å². The average Bonchev–Trinajstić information content (AvgIpc) is 2.19. The van der Waals surface area contributed by atoms with Gasteiger partial charge in [-0.3, -0.25) is 0 Å². The van der Waals surface area contributed by atoms with Crippen LogP contribution in [-0.2, 0) is 0 Å². The number of halogens is 1. The summed E-state index contributed by atoms with van der Waals surface area (Å²) in [4.78, 5) is 0. The van der Waals surface area contributed by atoms with Crippen molar-refractivity contribution < 1.29 is 0 Å². The number of hydrogen-bond donors (Lipinski definition) is 1. The summed E-state index contributed by atoms with van der Waals surface area (Å²) in [7, 11) is 1.86. The lowest BCUT2D eigenvalue weighted by molar-refractivity contribution is 0.961. The molecule has 0 aliphatic rings. The fraction of sp³-hybridized carbons (Fsp3) is 0.182. The number of hydrogen-bond acceptors (Lipinski definition) is 3. The van der Waals surface area contributed by atoms with E-state index in [1.807, 2.05) is 38.4 Å². The summed E-state index contributed by atoms with van der Waals surface area (Å²) in [6, 6.07) is 8.11. The highest BCUT2D eigenvalue weighted by Gasteiger charge is 2.05. The van der Waals surface area contributed by atoms with Crippen molar-refractivity contribution in [3.63, 3.8) is 0 Å². The standard InChI is InChI=1S/C11H14IN3/c1-9(8-13-2)15(14-3)11-6-4-5-10(12)7-11/h4-8,13H,3H2,1-2H3/b9-8+. The van der Waals surface area contributed by atoms with Crippen LogP contribution >= 0.6 is 22.6 Å². The third kappa shape index (κ3) is 3.23. The van der Waals surface area contributed by atoms with E-state index < -0.39 is 0 Å². The molecule has 1 aromatic carbocycles. The fourth-order valence-corrected chi connectivity index (χ4v) is 1.80. The molecule has 0 heterocycles. The summed E-state index contributed by atoms with van der Waals surface area (Å²) in [5.41, 5.74) is 2.01. The lowest BCUT2D eigenvalue weighted by Crippen LogP contribution is -2.15. The molecular formula is C11H14IN3. The van der Waals surface area contributed by atoms with Crippen molar-refractivity contribution in [2.45, 2.75) is 6.92 Å². The van der Waals surface area contributed by atoms with Gasteiger partial charge in [0, 0.05) is 23.5 Å². The first kappa shape index (κ1) is 12.0. The van der Waals surface area contributed by atoms with Gasteiger partial charge >= 0.3 is 0 Å². The Morgan fingerprint density at radius 1 is 1.60 bits per heavy atom. The number of allylic oxidation sites excluding steroid dienone is 1. The van der Waals surface area contributed by atoms with Crippen molar-refractivity contribution in [3.05, 3.63) is 39.7 Å². The molecule has 1 N–H and O–H groups in total. The Balaban J connectivity index is 3.02. The molecule has 1 rings (SSSR count). The minimum absolute atomic E-state index is 0.995. The van der Waals surface area contributed by atoms with Crippen molar-refractivity contribution in [3.8, 4) is 0 Å². The van der Waals surface area contributed by atoms with Gasteiger partial charge in [-0.2, -0.15) is 5.10 Å². The van der Waals surface area contributed by atoms with Gasteiger partial charge in [-0.25, -0.2) is 5.01 Å². The Bertz CT molecular complexity index is 374. The smallest absolute Gasteiger partial charge is 0.0659 e. The Labute approximate surface area is 104 Å². The SMILES string of the molecule is C=NN(/C(C)=C/NC)c1cccc(I)c1. The van der Waals surface area contributed by atoms with Gasteiger partial charge in [-0.1, -0.05) is 6.07 Å². The summed E-state index contributed by atoms with van der Waals surface area (Å²) >= 11 is 2.28. The molecule has 80 valence electrons. The van der Waals surface area contributed by atoms with Crippen LogP contribution in [0.15, 0.2) is 41.3 Å². The predicted molar refractivity (Wildman–Crippen MR) is 74.0 cm³/mol. The first-order valence-corrected chi connectivity index (χ1v) is 5.63. The predicted octanol–water partition coefficient (Wildman–Crippen LogP) is 2.79. The van der Waals surface area contributed by atoms with Crippen LogP contribution in [0.3, 0.4) is 0 Å². The quantitative estimate of drug-likeness (QED) is 0.526. The second kappa shape index (κ2) is 5.75. The highest BCUT2D eigenvalue weighted by atomic mass is 127. The summed E-state index contributed by atoms with van der Waals surface area (Å²) in [5, 5.41) is 8.75. The molecule has 0 amide bonds. The van der Waals surface area contributed by atoms with Gasteiger partial charge in [0.25, 0.3) is 0 Å². The number of nitrogens with zero attached hydrogens (tertiary/aromatic N) is 2. The first-order chi connectivity index (χ1) is 7.19. The van der Waals surface area contributed by atoms with Gasteiger partial charge in [0.15, 0.2) is 0 Å². The van der Waals surface area contributed by atoms with Crippen LogP contribution in [0.4, 0.5) is 5.69 Å². The van der Waals surface area contributed by atoms with Gasteiger partial charge in [-0.05, 0) is 47.7 Å². The van der Waals surface area contributed by atoms with E-state index in [2.05, 4.69) is 45.8 Å². The minimum Gasteiger partial charge on any atom is -0.393 e. The van der Waals surface area contributed by atoms with Crippen LogP contribution < -0.4 is 10.3 Å². The normalized spacial score (nSPS) is 11.0. The van der Waals surface area contributed by atoms with Crippen LogP contribution in [0.5, 0.6) is 0 Å². The van der Waals surface area contributed by atoms with E-state index in [-0.39, 0.29) is 0 Å². The molecule has 0 saturated heterocycles. The molecule has 0 radical (unpaired) electrons. The molecule has 0 atom stereocenters. The van der Waals surface area contributed by atoms with Crippen LogP contribution in [0.25, 0.3) is 0 Å². The lowest BCUT2D eigenvalue weighted by atomic mass is 10.3. The molecule has 0 aromatic heterocycles. The average molecular weight is 315 g/mol. The van der Waals surface area contributed by atoms with Crippen molar-refractivity contribution in [1.82, 2.24) is 5.32 Å². The third-order valence-corrected chi connectivity index (χ3v) is 2.55. The molecule has 15 heavy (non-hydrogen) atoms. The zero-order chi connectivity index (χ0) is 11.3. The van der Waals surface area contributed by atoms with Crippen LogP contribution in [0, 0.1) is 3.57 Å². The van der Waals surface area contributed by atoms with E-state index in [0.717, 1.165) is 11.4 Å². The molecule has 0 saturated carbocycles. The van der Waals surface area contributed by atoms with Crippen LogP contribution in [-0.4, -0.2) is 13.8 Å². The third-order valence-electron chi connectivity index (χ3n) is 1.88. The fourth-order valence-electron chi connectivity index (χ4n) is 1.27. The topological polar surface area (TPSA) is 27.6 Å².